The number of rotatable bonds is 2. The Morgan fingerprint density at radius 1 is 1.04 bits per heavy atom. The van der Waals surface area contributed by atoms with Crippen molar-refractivity contribution in [3.05, 3.63) is 62.8 Å². The van der Waals surface area contributed by atoms with Crippen LogP contribution in [0.25, 0.3) is 0 Å². The van der Waals surface area contributed by atoms with Crippen molar-refractivity contribution < 1.29 is 14.0 Å². The van der Waals surface area contributed by atoms with E-state index in [-0.39, 0.29) is 28.4 Å². The Labute approximate surface area is 165 Å². The molecule has 0 N–H and O–H groups in total. The molecule has 136 valence electrons. The van der Waals surface area contributed by atoms with Crippen molar-refractivity contribution in [1.82, 2.24) is 4.90 Å². The lowest BCUT2D eigenvalue weighted by Gasteiger charge is -2.39. The predicted molar refractivity (Wildman–Crippen MR) is 101 cm³/mol. The topological polar surface area (TPSA) is 40.6 Å². The lowest BCUT2D eigenvalue weighted by molar-refractivity contribution is -0.124. The van der Waals surface area contributed by atoms with E-state index in [2.05, 4.69) is 0 Å². The number of piperazine rings is 1. The first-order valence-electron chi connectivity index (χ1n) is 7.82. The number of carbonyl (C=O) groups is 2. The van der Waals surface area contributed by atoms with Crippen molar-refractivity contribution in [3.63, 3.8) is 0 Å². The first kappa shape index (κ1) is 19.0. The molecule has 0 spiro atoms. The zero-order valence-electron chi connectivity index (χ0n) is 13.7. The van der Waals surface area contributed by atoms with Crippen LogP contribution in [0, 0.1) is 5.82 Å². The van der Waals surface area contributed by atoms with E-state index in [1.54, 1.807) is 19.1 Å². The van der Waals surface area contributed by atoms with Gasteiger partial charge in [0.2, 0.25) is 5.91 Å². The number of halogens is 4. The van der Waals surface area contributed by atoms with Gasteiger partial charge in [0.1, 0.15) is 11.9 Å². The highest BCUT2D eigenvalue weighted by Gasteiger charge is 2.35. The molecule has 1 aliphatic rings. The van der Waals surface area contributed by atoms with Gasteiger partial charge in [0, 0.05) is 24.3 Å². The maximum absolute atomic E-state index is 13.3. The third-order valence-corrected chi connectivity index (χ3v) is 5.33. The summed E-state index contributed by atoms with van der Waals surface area (Å²) in [6.45, 7) is 2.24. The second kappa shape index (κ2) is 7.43. The first-order valence-corrected chi connectivity index (χ1v) is 8.95. The molecule has 0 saturated carbocycles. The summed E-state index contributed by atoms with van der Waals surface area (Å²) < 4.78 is 13.3. The van der Waals surface area contributed by atoms with Gasteiger partial charge in [-0.1, -0.05) is 34.8 Å². The van der Waals surface area contributed by atoms with Crippen LogP contribution in [0.5, 0.6) is 0 Å². The summed E-state index contributed by atoms with van der Waals surface area (Å²) in [6, 6.07) is 8.01. The molecule has 1 heterocycles. The van der Waals surface area contributed by atoms with Gasteiger partial charge in [0.15, 0.2) is 0 Å². The number of hydrogen-bond acceptors (Lipinski definition) is 2. The third kappa shape index (κ3) is 3.52. The molecule has 26 heavy (non-hydrogen) atoms. The zero-order chi connectivity index (χ0) is 19.0. The monoisotopic (exact) mass is 414 g/mol. The van der Waals surface area contributed by atoms with Crippen molar-refractivity contribution in [2.45, 2.75) is 13.0 Å². The average Bonchev–Trinajstić information content (AvgIpc) is 2.61. The third-order valence-electron chi connectivity index (χ3n) is 4.30. The molecule has 4 nitrogen and oxygen atoms in total. The van der Waals surface area contributed by atoms with E-state index in [0.29, 0.717) is 22.8 Å². The minimum Gasteiger partial charge on any atom is -0.325 e. The van der Waals surface area contributed by atoms with E-state index in [4.69, 9.17) is 34.8 Å². The van der Waals surface area contributed by atoms with E-state index in [9.17, 15) is 14.0 Å². The number of hydrogen-bond donors (Lipinski definition) is 0. The van der Waals surface area contributed by atoms with Crippen LogP contribution in [-0.2, 0) is 4.79 Å². The lowest BCUT2D eigenvalue weighted by Crippen LogP contribution is -2.57. The smallest absolute Gasteiger partial charge is 0.254 e. The van der Waals surface area contributed by atoms with Crippen molar-refractivity contribution in [2.75, 3.05) is 18.0 Å². The molecule has 0 aliphatic carbocycles. The van der Waals surface area contributed by atoms with Gasteiger partial charge < -0.3 is 9.80 Å². The van der Waals surface area contributed by atoms with Crippen LogP contribution >= 0.6 is 34.8 Å². The molecule has 0 radical (unpaired) electrons. The van der Waals surface area contributed by atoms with Crippen molar-refractivity contribution in [2.24, 2.45) is 0 Å². The Kier molecular flexibility index (Phi) is 5.42. The van der Waals surface area contributed by atoms with Gasteiger partial charge in [-0.25, -0.2) is 4.39 Å². The van der Waals surface area contributed by atoms with Gasteiger partial charge >= 0.3 is 0 Å². The van der Waals surface area contributed by atoms with Gasteiger partial charge in [-0.2, -0.15) is 0 Å². The molecular weight excluding hydrogens is 402 g/mol. The molecule has 0 aromatic heterocycles. The van der Waals surface area contributed by atoms with Crippen molar-refractivity contribution >= 4 is 52.3 Å². The van der Waals surface area contributed by atoms with Crippen LogP contribution in [0.3, 0.4) is 0 Å². The van der Waals surface area contributed by atoms with Gasteiger partial charge in [0.25, 0.3) is 5.91 Å². The fraction of sp³-hybridized carbons (Fsp3) is 0.222. The van der Waals surface area contributed by atoms with Crippen molar-refractivity contribution in [3.8, 4) is 0 Å². The number of nitrogens with zero attached hydrogens (tertiary/aromatic N) is 2. The van der Waals surface area contributed by atoms with Crippen LogP contribution in [-0.4, -0.2) is 35.8 Å². The normalized spacial score (nSPS) is 17.6. The predicted octanol–water partition coefficient (Wildman–Crippen LogP) is 4.66. The van der Waals surface area contributed by atoms with E-state index in [0.717, 1.165) is 0 Å². The Hall–Kier alpha value is -1.82. The largest absolute Gasteiger partial charge is 0.325 e. The molecule has 2 aromatic carbocycles. The van der Waals surface area contributed by atoms with Crippen LogP contribution in [0.15, 0.2) is 36.4 Å². The zero-order valence-corrected chi connectivity index (χ0v) is 15.9. The molecule has 2 aromatic rings. The number of carbonyl (C=O) groups excluding carboxylic acids is 2. The molecule has 0 bridgehead atoms. The molecule has 3 rings (SSSR count). The number of benzene rings is 2. The molecule has 2 amide bonds. The van der Waals surface area contributed by atoms with Crippen LogP contribution < -0.4 is 4.90 Å². The highest BCUT2D eigenvalue weighted by atomic mass is 35.5. The fourth-order valence-corrected chi connectivity index (χ4v) is 3.32. The molecule has 1 aliphatic heterocycles. The van der Waals surface area contributed by atoms with Crippen LogP contribution in [0.4, 0.5) is 10.1 Å². The minimum absolute atomic E-state index is 0.0581. The maximum Gasteiger partial charge on any atom is 0.254 e. The molecule has 1 unspecified atom stereocenters. The van der Waals surface area contributed by atoms with E-state index < -0.39 is 11.9 Å². The summed E-state index contributed by atoms with van der Waals surface area (Å²) >= 11 is 17.7. The molecule has 1 saturated heterocycles. The summed E-state index contributed by atoms with van der Waals surface area (Å²) in [5.41, 5.74) is 0.854. The van der Waals surface area contributed by atoms with Crippen LogP contribution in [0.2, 0.25) is 15.1 Å². The Bertz CT molecular complexity index is 891. The summed E-state index contributed by atoms with van der Waals surface area (Å²) in [5.74, 6) is -1.13. The summed E-state index contributed by atoms with van der Waals surface area (Å²) in [4.78, 5) is 28.5. The highest BCUT2D eigenvalue weighted by molar-refractivity contribution is 6.42. The van der Waals surface area contributed by atoms with Gasteiger partial charge in [-0.3, -0.25) is 9.59 Å². The summed E-state index contributed by atoms with van der Waals surface area (Å²) in [6.07, 6.45) is 0. The highest BCUT2D eigenvalue weighted by Crippen LogP contribution is 2.27. The Balaban J connectivity index is 1.81. The van der Waals surface area contributed by atoms with E-state index >= 15 is 0 Å². The average molecular weight is 416 g/mol. The molecular formula is C18H14Cl3FN2O2. The fourth-order valence-electron chi connectivity index (χ4n) is 2.85. The second-order valence-corrected chi connectivity index (χ2v) is 7.11. The molecule has 1 atom stereocenters. The first-order chi connectivity index (χ1) is 12.3. The van der Waals surface area contributed by atoms with Gasteiger partial charge in [-0.15, -0.1) is 0 Å². The Morgan fingerprint density at radius 2 is 1.77 bits per heavy atom. The molecule has 8 heteroatoms. The number of anilines is 1. The quantitative estimate of drug-likeness (QED) is 0.715. The molecule has 1 fully saturated rings. The van der Waals surface area contributed by atoms with Gasteiger partial charge in [-0.05, 0) is 43.3 Å². The van der Waals surface area contributed by atoms with E-state index in [1.165, 1.54) is 34.1 Å². The second-order valence-electron chi connectivity index (χ2n) is 5.89. The maximum atomic E-state index is 13.3. The van der Waals surface area contributed by atoms with Crippen LogP contribution in [0.1, 0.15) is 17.3 Å². The summed E-state index contributed by atoms with van der Waals surface area (Å²) in [5, 5.41) is 0.568. The number of amides is 2. The van der Waals surface area contributed by atoms with E-state index in [1.807, 2.05) is 0 Å². The van der Waals surface area contributed by atoms with Gasteiger partial charge in [0.05, 0.1) is 15.1 Å². The summed E-state index contributed by atoms with van der Waals surface area (Å²) in [7, 11) is 0. The standard InChI is InChI=1S/C18H14Cl3FN2O2/c1-10-17(25)24(12-3-5-16(22)15(21)9-12)7-6-23(10)18(26)11-2-4-13(19)14(20)8-11/h2-5,8-10H,6-7H2,1H3. The Morgan fingerprint density at radius 3 is 2.42 bits per heavy atom. The minimum atomic E-state index is -0.686. The lowest BCUT2D eigenvalue weighted by atomic mass is 10.1. The SMILES string of the molecule is CC1C(=O)N(c2ccc(F)c(Cl)c2)CCN1C(=O)c1ccc(Cl)c(Cl)c1. The van der Waals surface area contributed by atoms with Crippen molar-refractivity contribution in [1.29, 1.82) is 0 Å².